The summed E-state index contributed by atoms with van der Waals surface area (Å²) in [4.78, 5) is 0.168. The van der Waals surface area contributed by atoms with E-state index in [-0.39, 0.29) is 21.5 Å². The Kier molecular flexibility index (Phi) is 4.62. The third kappa shape index (κ3) is 3.59. The minimum atomic E-state index is -3.68. The fourth-order valence-corrected chi connectivity index (χ4v) is 3.30. The number of aromatic nitrogens is 2. The van der Waals surface area contributed by atoms with Crippen molar-refractivity contribution in [3.05, 3.63) is 46.7 Å². The number of aryl methyl sites for hydroxylation is 1. The van der Waals surface area contributed by atoms with Crippen molar-refractivity contribution in [3.8, 4) is 0 Å². The molecule has 0 spiro atoms. The number of hydrogen-bond donors (Lipinski definition) is 2. The third-order valence-electron chi connectivity index (χ3n) is 2.88. The van der Waals surface area contributed by atoms with Gasteiger partial charge in [-0.2, -0.15) is 5.10 Å². The minimum Gasteiger partial charge on any atom is -0.389 e. The van der Waals surface area contributed by atoms with Crippen LogP contribution >= 0.6 is 23.8 Å². The molecule has 0 amide bonds. The van der Waals surface area contributed by atoms with E-state index in [1.807, 2.05) is 0 Å². The van der Waals surface area contributed by atoms with Crippen LogP contribution in [0, 0.1) is 0 Å². The summed E-state index contributed by atoms with van der Waals surface area (Å²) in [5, 5.41) is 4.17. The molecule has 0 aliphatic rings. The average Bonchev–Trinajstić information content (AvgIpc) is 2.81. The maximum absolute atomic E-state index is 12.2. The number of rotatable bonds is 5. The Bertz CT molecular complexity index is 786. The number of nitrogens with zero attached hydrogens (tertiary/aromatic N) is 2. The van der Waals surface area contributed by atoms with Gasteiger partial charge in [0.1, 0.15) is 4.99 Å². The van der Waals surface area contributed by atoms with Gasteiger partial charge < -0.3 is 5.73 Å². The van der Waals surface area contributed by atoms with Crippen LogP contribution in [0.1, 0.15) is 11.3 Å². The molecule has 2 rings (SSSR count). The SMILES string of the molecule is Cn1nccc1CNS(=O)(=O)c1ccc(C(N)=S)c(Cl)c1. The van der Waals surface area contributed by atoms with Crippen LogP contribution in [0.3, 0.4) is 0 Å². The van der Waals surface area contributed by atoms with Crippen LogP contribution in [0.15, 0.2) is 35.4 Å². The predicted molar refractivity (Wildman–Crippen MR) is 84.6 cm³/mol. The molecule has 2 aromatic rings. The maximum Gasteiger partial charge on any atom is 0.240 e. The lowest BCUT2D eigenvalue weighted by Gasteiger charge is -2.09. The van der Waals surface area contributed by atoms with E-state index in [0.29, 0.717) is 5.56 Å². The van der Waals surface area contributed by atoms with E-state index < -0.39 is 10.0 Å². The van der Waals surface area contributed by atoms with E-state index >= 15 is 0 Å². The molecule has 0 saturated heterocycles. The quantitative estimate of drug-likeness (QED) is 0.795. The van der Waals surface area contributed by atoms with E-state index in [0.717, 1.165) is 5.69 Å². The zero-order valence-corrected chi connectivity index (χ0v) is 13.5. The molecule has 0 aliphatic heterocycles. The van der Waals surface area contributed by atoms with Crippen molar-refractivity contribution in [2.24, 2.45) is 12.8 Å². The largest absolute Gasteiger partial charge is 0.389 e. The van der Waals surface area contributed by atoms with Gasteiger partial charge in [-0.05, 0) is 24.3 Å². The van der Waals surface area contributed by atoms with Crippen LogP contribution in [0.4, 0.5) is 0 Å². The van der Waals surface area contributed by atoms with Crippen LogP contribution in [-0.2, 0) is 23.6 Å². The summed E-state index contributed by atoms with van der Waals surface area (Å²) in [6.07, 6.45) is 1.59. The molecule has 0 unspecified atom stereocenters. The third-order valence-corrected chi connectivity index (χ3v) is 4.81. The zero-order valence-electron chi connectivity index (χ0n) is 11.1. The van der Waals surface area contributed by atoms with Crippen molar-refractivity contribution in [3.63, 3.8) is 0 Å². The second-order valence-electron chi connectivity index (χ2n) is 4.28. The first-order valence-electron chi connectivity index (χ1n) is 5.87. The van der Waals surface area contributed by atoms with E-state index in [1.165, 1.54) is 18.2 Å². The Morgan fingerprint density at radius 1 is 1.48 bits per heavy atom. The van der Waals surface area contributed by atoms with E-state index in [9.17, 15) is 8.42 Å². The number of benzene rings is 1. The van der Waals surface area contributed by atoms with Crippen molar-refractivity contribution in [2.45, 2.75) is 11.4 Å². The number of halogens is 1. The van der Waals surface area contributed by atoms with Gasteiger partial charge in [0.25, 0.3) is 0 Å². The summed E-state index contributed by atoms with van der Waals surface area (Å²) in [7, 11) is -1.94. The summed E-state index contributed by atoms with van der Waals surface area (Å²) in [6, 6.07) is 5.95. The molecule has 1 heterocycles. The molecule has 1 aromatic carbocycles. The van der Waals surface area contributed by atoms with Crippen molar-refractivity contribution in [2.75, 3.05) is 0 Å². The second-order valence-corrected chi connectivity index (χ2v) is 6.89. The first-order valence-corrected chi connectivity index (χ1v) is 8.14. The van der Waals surface area contributed by atoms with Gasteiger partial charge >= 0.3 is 0 Å². The Morgan fingerprint density at radius 2 is 2.19 bits per heavy atom. The standard InChI is InChI=1S/C12H13ClN4O2S2/c1-17-8(4-5-15-17)7-16-21(18,19)9-2-3-10(12(14)20)11(13)6-9/h2-6,16H,7H2,1H3,(H2,14,20). The molecular formula is C12H13ClN4O2S2. The van der Waals surface area contributed by atoms with Crippen LogP contribution in [-0.4, -0.2) is 23.2 Å². The van der Waals surface area contributed by atoms with Crippen LogP contribution < -0.4 is 10.5 Å². The lowest BCUT2D eigenvalue weighted by atomic mass is 10.2. The van der Waals surface area contributed by atoms with Crippen molar-refractivity contribution in [1.29, 1.82) is 0 Å². The summed E-state index contributed by atoms with van der Waals surface area (Å²) in [6.45, 7) is 0.132. The number of thiocarbonyl (C=S) groups is 1. The maximum atomic E-state index is 12.2. The summed E-state index contributed by atoms with van der Waals surface area (Å²) in [5.41, 5.74) is 6.67. The van der Waals surface area contributed by atoms with Crippen LogP contribution in [0.2, 0.25) is 5.02 Å². The van der Waals surface area contributed by atoms with Crippen molar-refractivity contribution in [1.82, 2.24) is 14.5 Å². The van der Waals surface area contributed by atoms with Gasteiger partial charge in [0.15, 0.2) is 0 Å². The molecule has 9 heteroatoms. The highest BCUT2D eigenvalue weighted by Gasteiger charge is 2.16. The van der Waals surface area contributed by atoms with E-state index in [2.05, 4.69) is 9.82 Å². The summed E-state index contributed by atoms with van der Waals surface area (Å²) < 4.78 is 28.5. The monoisotopic (exact) mass is 344 g/mol. The molecule has 0 radical (unpaired) electrons. The number of hydrogen-bond acceptors (Lipinski definition) is 4. The highest BCUT2D eigenvalue weighted by Crippen LogP contribution is 2.21. The molecular weight excluding hydrogens is 332 g/mol. The lowest BCUT2D eigenvalue weighted by Crippen LogP contribution is -2.24. The van der Waals surface area contributed by atoms with Gasteiger partial charge in [0.2, 0.25) is 10.0 Å². The van der Waals surface area contributed by atoms with Gasteiger partial charge in [-0.1, -0.05) is 23.8 Å². The molecule has 0 aliphatic carbocycles. The zero-order chi connectivity index (χ0) is 15.6. The Labute approximate surface area is 133 Å². The van der Waals surface area contributed by atoms with Gasteiger partial charge in [-0.25, -0.2) is 13.1 Å². The molecule has 0 saturated carbocycles. The number of nitrogens with one attached hydrogen (secondary N) is 1. The van der Waals surface area contributed by atoms with Crippen LogP contribution in [0.5, 0.6) is 0 Å². The highest BCUT2D eigenvalue weighted by atomic mass is 35.5. The number of sulfonamides is 1. The van der Waals surface area contributed by atoms with Crippen LogP contribution in [0.25, 0.3) is 0 Å². The Hall–Kier alpha value is -1.48. The fourth-order valence-electron chi connectivity index (χ4n) is 1.69. The average molecular weight is 345 g/mol. The minimum absolute atomic E-state index is 0.0506. The molecule has 0 bridgehead atoms. The van der Waals surface area contributed by atoms with Gasteiger partial charge in [0.05, 0.1) is 22.2 Å². The molecule has 0 atom stereocenters. The van der Waals surface area contributed by atoms with Gasteiger partial charge in [-0.15, -0.1) is 0 Å². The Balaban J connectivity index is 2.22. The Morgan fingerprint density at radius 3 is 2.71 bits per heavy atom. The number of nitrogens with two attached hydrogens (primary N) is 1. The van der Waals surface area contributed by atoms with Gasteiger partial charge in [0, 0.05) is 18.8 Å². The molecule has 0 fully saturated rings. The normalized spacial score (nSPS) is 11.5. The summed E-state index contributed by atoms with van der Waals surface area (Å²) in [5.74, 6) is 0. The lowest BCUT2D eigenvalue weighted by molar-refractivity contribution is 0.577. The van der Waals surface area contributed by atoms with E-state index in [1.54, 1.807) is 24.0 Å². The molecule has 1 aromatic heterocycles. The first-order chi connectivity index (χ1) is 9.81. The highest BCUT2D eigenvalue weighted by molar-refractivity contribution is 7.89. The predicted octanol–water partition coefficient (Wildman–Crippen LogP) is 1.19. The fraction of sp³-hybridized carbons (Fsp3) is 0.167. The van der Waals surface area contributed by atoms with E-state index in [4.69, 9.17) is 29.6 Å². The molecule has 21 heavy (non-hydrogen) atoms. The smallest absolute Gasteiger partial charge is 0.240 e. The molecule has 6 nitrogen and oxygen atoms in total. The first kappa shape index (κ1) is 15.9. The van der Waals surface area contributed by atoms with Gasteiger partial charge in [-0.3, -0.25) is 4.68 Å². The topological polar surface area (TPSA) is 90.0 Å². The summed E-state index contributed by atoms with van der Waals surface area (Å²) >= 11 is 10.8. The molecule has 3 N–H and O–H groups in total. The molecule has 112 valence electrons. The van der Waals surface area contributed by atoms with Crippen molar-refractivity contribution < 1.29 is 8.42 Å². The van der Waals surface area contributed by atoms with Crippen molar-refractivity contribution >= 4 is 38.8 Å². The second kappa shape index (κ2) is 6.10.